The Hall–Kier alpha value is -0.770. The van der Waals surface area contributed by atoms with Crippen molar-refractivity contribution in [2.75, 3.05) is 0 Å². The fraction of sp³-hybridized carbons (Fsp3) is 0.889. The summed E-state index contributed by atoms with van der Waals surface area (Å²) in [5, 5.41) is 11.1. The number of carboxylic acid groups (broad SMARTS) is 1. The van der Waals surface area contributed by atoms with Gasteiger partial charge in [-0.25, -0.2) is 4.79 Å². The second-order valence-electron chi connectivity index (χ2n) is 3.93. The van der Waals surface area contributed by atoms with Crippen LogP contribution in [0.1, 0.15) is 32.6 Å². The Morgan fingerprint density at radius 3 is 2.85 bits per heavy atom. The minimum Gasteiger partial charge on any atom is -0.465 e. The molecule has 4 nitrogen and oxygen atoms in total. The van der Waals surface area contributed by atoms with E-state index in [0.29, 0.717) is 5.92 Å². The van der Waals surface area contributed by atoms with E-state index in [1.807, 2.05) is 6.92 Å². The normalized spacial score (nSPS) is 30.9. The van der Waals surface area contributed by atoms with E-state index in [-0.39, 0.29) is 12.1 Å². The highest BCUT2D eigenvalue weighted by atomic mass is 16.4. The molecule has 1 rings (SSSR count). The number of nitrogens with one attached hydrogen (secondary N) is 1. The summed E-state index contributed by atoms with van der Waals surface area (Å²) in [5.74, 6) is 0.477. The highest BCUT2D eigenvalue weighted by Crippen LogP contribution is 2.25. The van der Waals surface area contributed by atoms with Gasteiger partial charge in [-0.3, -0.25) is 0 Å². The van der Waals surface area contributed by atoms with Crippen LogP contribution < -0.4 is 11.1 Å². The predicted octanol–water partition coefficient (Wildman–Crippen LogP) is 1.16. The molecule has 0 aliphatic heterocycles. The molecule has 0 aromatic heterocycles. The van der Waals surface area contributed by atoms with Crippen LogP contribution in [0, 0.1) is 5.92 Å². The van der Waals surface area contributed by atoms with E-state index in [1.165, 1.54) is 0 Å². The van der Waals surface area contributed by atoms with Crippen molar-refractivity contribution in [2.45, 2.75) is 44.7 Å². The summed E-state index contributed by atoms with van der Waals surface area (Å²) in [6.45, 7) is 1.99. The molecule has 1 aliphatic carbocycles. The monoisotopic (exact) mass is 186 g/mol. The highest BCUT2D eigenvalue weighted by Gasteiger charge is 2.25. The van der Waals surface area contributed by atoms with Gasteiger partial charge in [0.15, 0.2) is 0 Å². The second kappa shape index (κ2) is 4.46. The lowest BCUT2D eigenvalue weighted by atomic mass is 9.82. The standard InChI is InChI=1S/C9H18N2O2/c1-6(10)7-3-2-4-8(5-7)11-9(12)13/h6-8,11H,2-5,10H2,1H3,(H,12,13)/t6-,7-,8+/m0/s1. The number of hydrogen-bond acceptors (Lipinski definition) is 2. The fourth-order valence-electron chi connectivity index (χ4n) is 2.01. The van der Waals surface area contributed by atoms with Crippen molar-refractivity contribution in [3.63, 3.8) is 0 Å². The van der Waals surface area contributed by atoms with Gasteiger partial charge in [0.25, 0.3) is 0 Å². The van der Waals surface area contributed by atoms with E-state index >= 15 is 0 Å². The van der Waals surface area contributed by atoms with Crippen LogP contribution in [-0.2, 0) is 0 Å². The van der Waals surface area contributed by atoms with Crippen molar-refractivity contribution in [3.05, 3.63) is 0 Å². The van der Waals surface area contributed by atoms with Gasteiger partial charge in [-0.15, -0.1) is 0 Å². The first kappa shape index (κ1) is 10.3. The van der Waals surface area contributed by atoms with Gasteiger partial charge in [-0.2, -0.15) is 0 Å². The van der Waals surface area contributed by atoms with Gasteiger partial charge in [0.05, 0.1) is 0 Å². The van der Waals surface area contributed by atoms with Crippen molar-refractivity contribution in [2.24, 2.45) is 11.7 Å². The minimum atomic E-state index is -0.921. The molecule has 3 atom stereocenters. The van der Waals surface area contributed by atoms with E-state index in [1.54, 1.807) is 0 Å². The van der Waals surface area contributed by atoms with Crippen LogP contribution in [0.25, 0.3) is 0 Å². The van der Waals surface area contributed by atoms with E-state index < -0.39 is 6.09 Å². The minimum absolute atomic E-state index is 0.113. The van der Waals surface area contributed by atoms with Crippen molar-refractivity contribution in [1.82, 2.24) is 5.32 Å². The van der Waals surface area contributed by atoms with Crippen molar-refractivity contribution in [1.29, 1.82) is 0 Å². The molecule has 1 fully saturated rings. The van der Waals surface area contributed by atoms with Gasteiger partial charge in [0, 0.05) is 12.1 Å². The van der Waals surface area contributed by atoms with Crippen LogP contribution in [0.2, 0.25) is 0 Å². The Morgan fingerprint density at radius 1 is 1.62 bits per heavy atom. The second-order valence-corrected chi connectivity index (χ2v) is 3.93. The molecule has 4 heteroatoms. The van der Waals surface area contributed by atoms with Crippen molar-refractivity contribution in [3.8, 4) is 0 Å². The first-order valence-electron chi connectivity index (χ1n) is 4.84. The molecule has 1 aliphatic rings. The van der Waals surface area contributed by atoms with Crippen molar-refractivity contribution >= 4 is 6.09 Å². The van der Waals surface area contributed by atoms with Gasteiger partial charge in [0.2, 0.25) is 0 Å². The summed E-state index contributed by atoms with van der Waals surface area (Å²) in [7, 11) is 0. The lowest BCUT2D eigenvalue weighted by Crippen LogP contribution is -2.41. The largest absolute Gasteiger partial charge is 0.465 e. The molecule has 0 unspecified atom stereocenters. The third-order valence-electron chi connectivity index (χ3n) is 2.79. The zero-order valence-corrected chi connectivity index (χ0v) is 7.99. The van der Waals surface area contributed by atoms with Gasteiger partial charge >= 0.3 is 6.09 Å². The number of nitrogens with two attached hydrogens (primary N) is 1. The first-order chi connectivity index (χ1) is 6.09. The summed E-state index contributed by atoms with van der Waals surface area (Å²) in [6.07, 6.45) is 3.14. The van der Waals surface area contributed by atoms with Gasteiger partial charge in [0.1, 0.15) is 0 Å². The lowest BCUT2D eigenvalue weighted by molar-refractivity contribution is 0.179. The average molecular weight is 186 g/mol. The Labute approximate surface area is 78.5 Å². The number of amides is 1. The number of carbonyl (C=O) groups is 1. The molecule has 0 saturated heterocycles. The third-order valence-corrected chi connectivity index (χ3v) is 2.79. The molecular formula is C9H18N2O2. The maximum Gasteiger partial charge on any atom is 0.404 e. The Bertz CT molecular complexity index is 182. The Morgan fingerprint density at radius 2 is 2.31 bits per heavy atom. The predicted molar refractivity (Wildman–Crippen MR) is 50.6 cm³/mol. The van der Waals surface area contributed by atoms with Crippen LogP contribution in [-0.4, -0.2) is 23.3 Å². The molecule has 13 heavy (non-hydrogen) atoms. The van der Waals surface area contributed by atoms with Gasteiger partial charge in [-0.1, -0.05) is 6.42 Å². The smallest absolute Gasteiger partial charge is 0.404 e. The topological polar surface area (TPSA) is 75.3 Å². The lowest BCUT2D eigenvalue weighted by Gasteiger charge is -2.31. The van der Waals surface area contributed by atoms with Crippen molar-refractivity contribution < 1.29 is 9.90 Å². The van der Waals surface area contributed by atoms with E-state index in [2.05, 4.69) is 5.32 Å². The molecule has 0 bridgehead atoms. The van der Waals surface area contributed by atoms with Gasteiger partial charge < -0.3 is 16.2 Å². The van der Waals surface area contributed by atoms with E-state index in [4.69, 9.17) is 10.8 Å². The van der Waals surface area contributed by atoms with Crippen LogP contribution >= 0.6 is 0 Å². The molecule has 0 heterocycles. The van der Waals surface area contributed by atoms with Crippen LogP contribution in [0.3, 0.4) is 0 Å². The molecule has 1 saturated carbocycles. The summed E-state index contributed by atoms with van der Waals surface area (Å²) in [6, 6.07) is 0.292. The summed E-state index contributed by atoms with van der Waals surface area (Å²) < 4.78 is 0. The van der Waals surface area contributed by atoms with Gasteiger partial charge in [-0.05, 0) is 32.1 Å². The molecule has 0 spiro atoms. The summed E-state index contributed by atoms with van der Waals surface area (Å²) in [4.78, 5) is 10.4. The average Bonchev–Trinajstić information content (AvgIpc) is 2.03. The molecular weight excluding hydrogens is 168 g/mol. The van der Waals surface area contributed by atoms with E-state index in [0.717, 1.165) is 25.7 Å². The SMILES string of the molecule is C[C@H](N)[C@H]1CCC[C@@H](NC(=O)O)C1. The number of hydrogen-bond donors (Lipinski definition) is 3. The maximum atomic E-state index is 10.4. The Balaban J connectivity index is 2.37. The summed E-state index contributed by atoms with van der Waals surface area (Å²) in [5.41, 5.74) is 5.78. The first-order valence-corrected chi connectivity index (χ1v) is 4.84. The maximum absolute atomic E-state index is 10.4. The zero-order chi connectivity index (χ0) is 9.84. The highest BCUT2D eigenvalue weighted by molar-refractivity contribution is 5.64. The number of rotatable bonds is 2. The van der Waals surface area contributed by atoms with E-state index in [9.17, 15) is 4.79 Å². The molecule has 0 aromatic carbocycles. The Kier molecular flexibility index (Phi) is 3.54. The molecule has 76 valence electrons. The third kappa shape index (κ3) is 3.22. The molecule has 1 amide bonds. The quantitative estimate of drug-likeness (QED) is 0.605. The van der Waals surface area contributed by atoms with Crippen LogP contribution in [0.5, 0.6) is 0 Å². The fourth-order valence-corrected chi connectivity index (χ4v) is 2.01. The van der Waals surface area contributed by atoms with Crippen LogP contribution in [0.15, 0.2) is 0 Å². The molecule has 0 aromatic rings. The summed E-state index contributed by atoms with van der Waals surface area (Å²) >= 11 is 0. The molecule has 4 N–H and O–H groups in total. The zero-order valence-electron chi connectivity index (χ0n) is 7.99. The van der Waals surface area contributed by atoms with Crippen LogP contribution in [0.4, 0.5) is 4.79 Å². The molecule has 0 radical (unpaired) electrons.